The summed E-state index contributed by atoms with van der Waals surface area (Å²) < 4.78 is 5.32. The van der Waals surface area contributed by atoms with Gasteiger partial charge in [0.15, 0.2) is 0 Å². The average Bonchev–Trinajstić information content (AvgIpc) is 2.05. The van der Waals surface area contributed by atoms with E-state index in [0.717, 1.165) is 19.1 Å². The minimum absolute atomic E-state index is 0.481. The van der Waals surface area contributed by atoms with Crippen molar-refractivity contribution in [1.29, 1.82) is 0 Å². The minimum Gasteiger partial charge on any atom is -0.379 e. The molecule has 0 aliphatic carbocycles. The predicted molar refractivity (Wildman–Crippen MR) is 43.7 cm³/mol. The molecule has 0 aromatic rings. The first kappa shape index (κ1) is 6.68. The fourth-order valence-electron chi connectivity index (χ4n) is 1.41. The van der Waals surface area contributed by atoms with Crippen LogP contribution in [0.3, 0.4) is 0 Å². The molecule has 2 unspecified atom stereocenters. The van der Waals surface area contributed by atoms with Crippen LogP contribution in [0.4, 0.5) is 0 Å². The van der Waals surface area contributed by atoms with Crippen LogP contribution in [0.15, 0.2) is 4.99 Å². The molecule has 2 heterocycles. The second-order valence-corrected chi connectivity index (χ2v) is 3.66. The van der Waals surface area contributed by atoms with Gasteiger partial charge in [0, 0.05) is 12.4 Å². The Morgan fingerprint density at radius 1 is 1.60 bits per heavy atom. The van der Waals surface area contributed by atoms with Gasteiger partial charge in [0.05, 0.1) is 18.2 Å². The highest BCUT2D eigenvalue weighted by atomic mass is 32.2. The second kappa shape index (κ2) is 2.93. The maximum Gasteiger partial charge on any atom is 0.0776 e. The van der Waals surface area contributed by atoms with E-state index in [9.17, 15) is 0 Å². The van der Waals surface area contributed by atoms with Crippen LogP contribution in [-0.4, -0.2) is 30.6 Å². The predicted octanol–water partition coefficient (Wildman–Crippen LogP) is 1.17. The van der Waals surface area contributed by atoms with Crippen molar-refractivity contribution < 1.29 is 4.74 Å². The van der Waals surface area contributed by atoms with Crippen LogP contribution >= 0.6 is 11.8 Å². The number of rotatable bonds is 0. The number of hydrogen-bond acceptors (Lipinski definition) is 3. The van der Waals surface area contributed by atoms with Gasteiger partial charge in [-0.15, -0.1) is 11.8 Å². The van der Waals surface area contributed by atoms with E-state index in [1.54, 1.807) is 0 Å². The van der Waals surface area contributed by atoms with Gasteiger partial charge in [-0.25, -0.2) is 0 Å². The molecule has 0 amide bonds. The number of hydrogen-bond donors (Lipinski definition) is 0. The van der Waals surface area contributed by atoms with Crippen molar-refractivity contribution in [2.45, 2.75) is 12.5 Å². The first-order chi connectivity index (χ1) is 4.97. The lowest BCUT2D eigenvalue weighted by atomic mass is 9.97. The molecule has 1 saturated heterocycles. The van der Waals surface area contributed by atoms with Gasteiger partial charge in [-0.2, -0.15) is 0 Å². The zero-order valence-corrected chi connectivity index (χ0v) is 6.64. The summed E-state index contributed by atoms with van der Waals surface area (Å²) in [5, 5.41) is 0. The van der Waals surface area contributed by atoms with Gasteiger partial charge < -0.3 is 4.74 Å². The van der Waals surface area contributed by atoms with E-state index in [4.69, 9.17) is 4.74 Å². The minimum atomic E-state index is 0.481. The first-order valence-corrected chi connectivity index (χ1v) is 4.72. The molecule has 56 valence electrons. The Morgan fingerprint density at radius 3 is 3.50 bits per heavy atom. The van der Waals surface area contributed by atoms with Gasteiger partial charge in [0.1, 0.15) is 0 Å². The average molecular weight is 157 g/mol. The molecule has 1 fully saturated rings. The lowest BCUT2D eigenvalue weighted by Crippen LogP contribution is -2.34. The third-order valence-electron chi connectivity index (χ3n) is 2.10. The maximum absolute atomic E-state index is 5.32. The number of ether oxygens (including phenoxy) is 1. The third kappa shape index (κ3) is 1.20. The Labute approximate surface area is 65.0 Å². The molecule has 2 atom stereocenters. The van der Waals surface area contributed by atoms with Crippen LogP contribution in [0.2, 0.25) is 0 Å². The Bertz CT molecular complexity index is 149. The fraction of sp³-hybridized carbons (Fsp3) is 0.857. The highest BCUT2D eigenvalue weighted by molar-refractivity contribution is 8.12. The van der Waals surface area contributed by atoms with Crippen LogP contribution in [0.5, 0.6) is 0 Å². The summed E-state index contributed by atoms with van der Waals surface area (Å²) in [6, 6.07) is 0.481. The van der Waals surface area contributed by atoms with E-state index >= 15 is 0 Å². The summed E-state index contributed by atoms with van der Waals surface area (Å²) in [5.41, 5.74) is 1.97. The molecule has 0 saturated carbocycles. The molecule has 0 radical (unpaired) electrons. The first-order valence-electron chi connectivity index (χ1n) is 3.68. The van der Waals surface area contributed by atoms with Crippen LogP contribution in [0.25, 0.3) is 0 Å². The molecule has 2 rings (SSSR count). The van der Waals surface area contributed by atoms with E-state index in [0.29, 0.717) is 6.04 Å². The summed E-state index contributed by atoms with van der Waals surface area (Å²) in [7, 11) is 0. The van der Waals surface area contributed by atoms with E-state index in [1.807, 2.05) is 17.3 Å². The van der Waals surface area contributed by atoms with Gasteiger partial charge in [-0.1, -0.05) is 0 Å². The topological polar surface area (TPSA) is 21.6 Å². The lowest BCUT2D eigenvalue weighted by Gasteiger charge is -2.30. The van der Waals surface area contributed by atoms with Crippen LogP contribution in [-0.2, 0) is 4.74 Å². The van der Waals surface area contributed by atoms with Crippen molar-refractivity contribution in [3.05, 3.63) is 0 Å². The SMILES string of the molecule is C1=NC2COCCC2CS1. The Balaban J connectivity index is 2.03. The van der Waals surface area contributed by atoms with Crippen LogP contribution in [0.1, 0.15) is 6.42 Å². The standard InChI is InChI=1S/C7H11NOS/c1-2-9-3-7-6(1)4-10-5-8-7/h5-7H,1-4H2. The van der Waals surface area contributed by atoms with Gasteiger partial charge in [0.25, 0.3) is 0 Å². The monoisotopic (exact) mass is 157 g/mol. The highest BCUT2D eigenvalue weighted by Crippen LogP contribution is 2.25. The molecule has 2 aliphatic heterocycles. The Hall–Kier alpha value is -0.0200. The molecule has 0 N–H and O–H groups in total. The number of aliphatic imine (C=N–C) groups is 1. The molecule has 0 aromatic heterocycles. The highest BCUT2D eigenvalue weighted by Gasteiger charge is 2.26. The van der Waals surface area contributed by atoms with Crippen molar-refractivity contribution in [2.24, 2.45) is 10.9 Å². The Morgan fingerprint density at radius 2 is 2.60 bits per heavy atom. The molecule has 3 heteroatoms. The third-order valence-corrected chi connectivity index (χ3v) is 2.99. The molecular formula is C7H11NOS. The van der Waals surface area contributed by atoms with E-state index < -0.39 is 0 Å². The summed E-state index contributed by atoms with van der Waals surface area (Å²) in [6.07, 6.45) is 1.20. The molecule has 0 bridgehead atoms. The van der Waals surface area contributed by atoms with Crippen LogP contribution in [0, 0.1) is 5.92 Å². The number of nitrogens with zero attached hydrogens (tertiary/aromatic N) is 1. The zero-order chi connectivity index (χ0) is 6.81. The molecular weight excluding hydrogens is 146 g/mol. The number of thioether (sulfide) groups is 1. The van der Waals surface area contributed by atoms with Crippen molar-refractivity contribution in [1.82, 2.24) is 0 Å². The van der Waals surface area contributed by atoms with Crippen LogP contribution < -0.4 is 0 Å². The van der Waals surface area contributed by atoms with Crippen molar-refractivity contribution >= 4 is 17.3 Å². The van der Waals surface area contributed by atoms with Crippen molar-refractivity contribution in [2.75, 3.05) is 19.0 Å². The Kier molecular flexibility index (Phi) is 1.95. The van der Waals surface area contributed by atoms with Crippen molar-refractivity contribution in [3.8, 4) is 0 Å². The summed E-state index contributed by atoms with van der Waals surface area (Å²) >= 11 is 1.83. The lowest BCUT2D eigenvalue weighted by molar-refractivity contribution is 0.0565. The molecule has 0 spiro atoms. The molecule has 2 aliphatic rings. The largest absolute Gasteiger partial charge is 0.379 e. The summed E-state index contributed by atoms with van der Waals surface area (Å²) in [5.74, 6) is 2.04. The number of fused-ring (bicyclic) bond motifs is 1. The fourth-order valence-corrected chi connectivity index (χ4v) is 2.38. The van der Waals surface area contributed by atoms with Crippen molar-refractivity contribution in [3.63, 3.8) is 0 Å². The summed E-state index contributed by atoms with van der Waals surface area (Å²) in [4.78, 5) is 4.36. The van der Waals surface area contributed by atoms with Gasteiger partial charge >= 0.3 is 0 Å². The maximum atomic E-state index is 5.32. The zero-order valence-electron chi connectivity index (χ0n) is 5.82. The smallest absolute Gasteiger partial charge is 0.0776 e. The molecule has 10 heavy (non-hydrogen) atoms. The van der Waals surface area contributed by atoms with Gasteiger partial charge in [-0.3, -0.25) is 4.99 Å². The van der Waals surface area contributed by atoms with Gasteiger partial charge in [0.2, 0.25) is 0 Å². The van der Waals surface area contributed by atoms with E-state index in [2.05, 4.69) is 4.99 Å². The normalized spacial score (nSPS) is 39.2. The molecule has 0 aromatic carbocycles. The molecule has 2 nitrogen and oxygen atoms in total. The quantitative estimate of drug-likeness (QED) is 0.526. The second-order valence-electron chi connectivity index (χ2n) is 2.78. The van der Waals surface area contributed by atoms with E-state index in [1.165, 1.54) is 12.2 Å². The summed E-state index contributed by atoms with van der Waals surface area (Å²) in [6.45, 7) is 1.79. The van der Waals surface area contributed by atoms with Gasteiger partial charge in [-0.05, 0) is 12.3 Å². The van der Waals surface area contributed by atoms with E-state index in [-0.39, 0.29) is 0 Å².